The van der Waals surface area contributed by atoms with Crippen LogP contribution in [0.2, 0.25) is 5.02 Å². The first kappa shape index (κ1) is 24.4. The largest absolute Gasteiger partial charge is 0.493 e. The minimum Gasteiger partial charge on any atom is -0.493 e. The standard InChI is InChI=1S/C24H25ClN2O5S/c1-17(18-9-14-22(31-2)23(15-18)32-3)26-24(28)16-27(20-7-5-4-6-8-20)33(29,30)21-12-10-19(25)11-13-21/h4-15,17H,16H2,1-3H3,(H,26,28)/t17-/m1/s1. The number of methoxy groups -OCH3 is 2. The van der Waals surface area contributed by atoms with Crippen LogP contribution in [0.1, 0.15) is 18.5 Å². The van der Waals surface area contributed by atoms with Crippen LogP contribution in [0.25, 0.3) is 0 Å². The van der Waals surface area contributed by atoms with Crippen molar-refractivity contribution >= 4 is 33.2 Å². The summed E-state index contributed by atoms with van der Waals surface area (Å²) < 4.78 is 38.4. The first-order valence-electron chi connectivity index (χ1n) is 10.1. The summed E-state index contributed by atoms with van der Waals surface area (Å²) in [6, 6.07) is 19.2. The number of sulfonamides is 1. The molecule has 0 saturated carbocycles. The number of nitrogens with one attached hydrogen (secondary N) is 1. The van der Waals surface area contributed by atoms with Crippen molar-refractivity contribution in [2.45, 2.75) is 17.9 Å². The molecule has 0 spiro atoms. The van der Waals surface area contributed by atoms with Gasteiger partial charge in [-0.05, 0) is 61.0 Å². The number of hydrogen-bond acceptors (Lipinski definition) is 5. The molecule has 1 N–H and O–H groups in total. The van der Waals surface area contributed by atoms with Crippen LogP contribution in [0.4, 0.5) is 5.69 Å². The van der Waals surface area contributed by atoms with E-state index in [1.165, 1.54) is 31.4 Å². The van der Waals surface area contributed by atoms with Gasteiger partial charge in [-0.25, -0.2) is 8.42 Å². The van der Waals surface area contributed by atoms with Gasteiger partial charge in [0.1, 0.15) is 6.54 Å². The van der Waals surface area contributed by atoms with Crippen molar-refractivity contribution in [3.8, 4) is 11.5 Å². The van der Waals surface area contributed by atoms with Gasteiger partial charge >= 0.3 is 0 Å². The van der Waals surface area contributed by atoms with E-state index in [0.29, 0.717) is 22.2 Å². The molecule has 174 valence electrons. The van der Waals surface area contributed by atoms with Crippen molar-refractivity contribution in [3.05, 3.63) is 83.4 Å². The fraction of sp³-hybridized carbons (Fsp3) is 0.208. The number of ether oxygens (including phenoxy) is 2. The molecule has 0 heterocycles. The van der Waals surface area contributed by atoms with Gasteiger partial charge in [-0.3, -0.25) is 9.10 Å². The van der Waals surface area contributed by atoms with E-state index in [2.05, 4.69) is 5.32 Å². The van der Waals surface area contributed by atoms with Crippen LogP contribution in [-0.2, 0) is 14.8 Å². The van der Waals surface area contributed by atoms with E-state index in [1.807, 2.05) is 6.07 Å². The second-order valence-electron chi connectivity index (χ2n) is 7.20. The SMILES string of the molecule is COc1ccc([C@@H](C)NC(=O)CN(c2ccccc2)S(=O)(=O)c2ccc(Cl)cc2)cc1OC. The highest BCUT2D eigenvalue weighted by Crippen LogP contribution is 2.30. The number of carbonyl (C=O) groups excluding carboxylic acids is 1. The minimum atomic E-state index is -4.01. The summed E-state index contributed by atoms with van der Waals surface area (Å²) in [5.74, 6) is 0.648. The monoisotopic (exact) mass is 488 g/mol. The predicted octanol–water partition coefficient (Wildman–Crippen LogP) is 4.43. The highest BCUT2D eigenvalue weighted by Gasteiger charge is 2.27. The third kappa shape index (κ3) is 5.77. The summed E-state index contributed by atoms with van der Waals surface area (Å²) in [5, 5.41) is 3.27. The summed E-state index contributed by atoms with van der Waals surface area (Å²) in [6.45, 7) is 1.41. The lowest BCUT2D eigenvalue weighted by molar-refractivity contribution is -0.120. The minimum absolute atomic E-state index is 0.0384. The Morgan fingerprint density at radius 2 is 1.61 bits per heavy atom. The second-order valence-corrected chi connectivity index (χ2v) is 9.50. The quantitative estimate of drug-likeness (QED) is 0.481. The van der Waals surface area contributed by atoms with Crippen LogP contribution < -0.4 is 19.1 Å². The fourth-order valence-corrected chi connectivity index (χ4v) is 4.81. The van der Waals surface area contributed by atoms with Gasteiger partial charge in [-0.2, -0.15) is 0 Å². The molecule has 0 aliphatic heterocycles. The second kappa shape index (κ2) is 10.6. The molecule has 0 fully saturated rings. The maximum absolute atomic E-state index is 13.4. The molecule has 3 aromatic carbocycles. The number of rotatable bonds is 9. The van der Waals surface area contributed by atoms with Gasteiger partial charge < -0.3 is 14.8 Å². The van der Waals surface area contributed by atoms with E-state index in [1.54, 1.807) is 56.5 Å². The van der Waals surface area contributed by atoms with Crippen molar-refractivity contribution in [2.75, 3.05) is 25.1 Å². The van der Waals surface area contributed by atoms with Crippen LogP contribution in [0.5, 0.6) is 11.5 Å². The average Bonchev–Trinajstić information content (AvgIpc) is 2.82. The van der Waals surface area contributed by atoms with E-state index in [0.717, 1.165) is 9.87 Å². The van der Waals surface area contributed by atoms with E-state index >= 15 is 0 Å². The molecule has 0 radical (unpaired) electrons. The predicted molar refractivity (Wildman–Crippen MR) is 129 cm³/mol. The Kier molecular flexibility index (Phi) is 7.84. The Bertz CT molecular complexity index is 1200. The van der Waals surface area contributed by atoms with Crippen molar-refractivity contribution in [3.63, 3.8) is 0 Å². The van der Waals surface area contributed by atoms with Gasteiger partial charge in [0.25, 0.3) is 10.0 Å². The van der Waals surface area contributed by atoms with Crippen molar-refractivity contribution in [2.24, 2.45) is 0 Å². The average molecular weight is 489 g/mol. The molecule has 0 aliphatic carbocycles. The number of carbonyl (C=O) groups is 1. The molecule has 0 aromatic heterocycles. The molecule has 0 aliphatic rings. The van der Waals surface area contributed by atoms with Gasteiger partial charge in [0.15, 0.2) is 11.5 Å². The summed E-state index contributed by atoms with van der Waals surface area (Å²) in [6.07, 6.45) is 0. The number of hydrogen-bond donors (Lipinski definition) is 1. The normalized spacial score (nSPS) is 12.0. The zero-order chi connectivity index (χ0) is 24.0. The maximum Gasteiger partial charge on any atom is 0.264 e. The summed E-state index contributed by atoms with van der Waals surface area (Å²) in [4.78, 5) is 13.0. The third-order valence-electron chi connectivity index (χ3n) is 5.02. The Hall–Kier alpha value is -3.23. The van der Waals surface area contributed by atoms with E-state index < -0.39 is 28.5 Å². The lowest BCUT2D eigenvalue weighted by atomic mass is 10.1. The number of nitrogens with zero attached hydrogens (tertiary/aromatic N) is 1. The summed E-state index contributed by atoms with van der Waals surface area (Å²) in [7, 11) is -0.933. The molecule has 7 nitrogen and oxygen atoms in total. The Morgan fingerprint density at radius 3 is 2.21 bits per heavy atom. The van der Waals surface area contributed by atoms with Crippen LogP contribution in [-0.4, -0.2) is 35.1 Å². The lowest BCUT2D eigenvalue weighted by Gasteiger charge is -2.25. The molecule has 1 amide bonds. The third-order valence-corrected chi connectivity index (χ3v) is 7.06. The summed E-state index contributed by atoms with van der Waals surface area (Å²) >= 11 is 5.91. The molecule has 0 unspecified atom stereocenters. The van der Waals surface area contributed by atoms with E-state index in [-0.39, 0.29) is 4.90 Å². The van der Waals surface area contributed by atoms with Gasteiger partial charge in [0, 0.05) is 5.02 Å². The van der Waals surface area contributed by atoms with Crippen LogP contribution >= 0.6 is 11.6 Å². The molecule has 0 bridgehead atoms. The van der Waals surface area contributed by atoms with Gasteiger partial charge in [0.2, 0.25) is 5.91 Å². The highest BCUT2D eigenvalue weighted by atomic mass is 35.5. The molecule has 3 aromatic rings. The van der Waals surface area contributed by atoms with E-state index in [4.69, 9.17) is 21.1 Å². The fourth-order valence-electron chi connectivity index (χ4n) is 3.27. The van der Waals surface area contributed by atoms with Gasteiger partial charge in [0.05, 0.1) is 30.8 Å². The van der Waals surface area contributed by atoms with Crippen LogP contribution in [0.15, 0.2) is 77.7 Å². The molecule has 1 atom stereocenters. The van der Waals surface area contributed by atoms with Crippen molar-refractivity contribution < 1.29 is 22.7 Å². The smallest absolute Gasteiger partial charge is 0.264 e. The maximum atomic E-state index is 13.4. The molecule has 3 rings (SSSR count). The zero-order valence-electron chi connectivity index (χ0n) is 18.5. The van der Waals surface area contributed by atoms with Gasteiger partial charge in [-0.1, -0.05) is 35.9 Å². The van der Waals surface area contributed by atoms with Crippen LogP contribution in [0.3, 0.4) is 0 Å². The molecule has 33 heavy (non-hydrogen) atoms. The van der Waals surface area contributed by atoms with Crippen molar-refractivity contribution in [1.29, 1.82) is 0 Å². The number of anilines is 1. The lowest BCUT2D eigenvalue weighted by Crippen LogP contribution is -2.41. The van der Waals surface area contributed by atoms with Crippen molar-refractivity contribution in [1.82, 2.24) is 5.32 Å². The Labute approximate surface area is 198 Å². The Morgan fingerprint density at radius 1 is 0.970 bits per heavy atom. The van der Waals surface area contributed by atoms with E-state index in [9.17, 15) is 13.2 Å². The highest BCUT2D eigenvalue weighted by molar-refractivity contribution is 7.92. The number of amides is 1. The molecule has 0 saturated heterocycles. The first-order valence-corrected chi connectivity index (χ1v) is 11.9. The molecular formula is C24H25ClN2O5S. The summed E-state index contributed by atoms with van der Waals surface area (Å²) in [5.41, 5.74) is 1.16. The zero-order valence-corrected chi connectivity index (χ0v) is 20.1. The Balaban J connectivity index is 1.84. The topological polar surface area (TPSA) is 84.9 Å². The molecule has 9 heteroatoms. The first-order chi connectivity index (χ1) is 15.8. The number of halogens is 1. The number of benzene rings is 3. The van der Waals surface area contributed by atoms with Gasteiger partial charge in [-0.15, -0.1) is 0 Å². The molecular weight excluding hydrogens is 464 g/mol. The van der Waals surface area contributed by atoms with Crippen LogP contribution in [0, 0.1) is 0 Å². The number of para-hydroxylation sites is 1.